The molecule has 1 aromatic carbocycles. The summed E-state index contributed by atoms with van der Waals surface area (Å²) < 4.78 is 6.98. The van der Waals surface area contributed by atoms with Crippen molar-refractivity contribution in [3.05, 3.63) is 28.2 Å². The number of likely N-dealkylation sites (N-methyl/N-ethyl adjacent to an activating group) is 1. The Kier molecular flexibility index (Phi) is 3.98. The highest BCUT2D eigenvalue weighted by atomic mass is 79.9. The summed E-state index contributed by atoms with van der Waals surface area (Å²) in [6.45, 7) is 1.56. The Hall–Kier alpha value is -1.07. The standard InChI is InChI=1S/C15H19BrN2O2/c1-18-7-6-14(15(18)19)20-13-5-2-11(16)8-10(13)9-17-12-3-4-12/h2,5,8,12,14,17H,3-4,6-7,9H2,1H3. The monoisotopic (exact) mass is 338 g/mol. The minimum atomic E-state index is -0.333. The van der Waals surface area contributed by atoms with Gasteiger partial charge in [-0.3, -0.25) is 4.79 Å². The average molecular weight is 339 g/mol. The van der Waals surface area contributed by atoms with Crippen LogP contribution in [0.15, 0.2) is 22.7 Å². The van der Waals surface area contributed by atoms with Gasteiger partial charge in [0.05, 0.1) is 0 Å². The van der Waals surface area contributed by atoms with Crippen LogP contribution in [0.5, 0.6) is 5.75 Å². The van der Waals surface area contributed by atoms with E-state index in [1.54, 1.807) is 4.90 Å². The average Bonchev–Trinajstić information content (AvgIpc) is 3.21. The molecule has 1 aliphatic carbocycles. The zero-order valence-electron chi connectivity index (χ0n) is 11.6. The summed E-state index contributed by atoms with van der Waals surface area (Å²) in [6, 6.07) is 6.62. The third kappa shape index (κ3) is 3.15. The van der Waals surface area contributed by atoms with Crippen molar-refractivity contribution in [2.45, 2.75) is 38.0 Å². The fraction of sp³-hybridized carbons (Fsp3) is 0.533. The molecule has 1 unspecified atom stereocenters. The van der Waals surface area contributed by atoms with E-state index < -0.39 is 0 Å². The molecule has 0 radical (unpaired) electrons. The molecule has 1 aromatic rings. The van der Waals surface area contributed by atoms with Crippen molar-refractivity contribution in [2.24, 2.45) is 0 Å². The fourth-order valence-electron chi connectivity index (χ4n) is 2.40. The molecule has 0 aromatic heterocycles. The maximum atomic E-state index is 11.9. The highest BCUT2D eigenvalue weighted by molar-refractivity contribution is 9.10. The van der Waals surface area contributed by atoms with Crippen LogP contribution in [0.4, 0.5) is 0 Å². The Bertz CT molecular complexity index is 517. The number of carbonyl (C=O) groups excluding carboxylic acids is 1. The molecule has 4 nitrogen and oxygen atoms in total. The molecule has 1 aliphatic heterocycles. The molecular weight excluding hydrogens is 320 g/mol. The van der Waals surface area contributed by atoms with E-state index in [9.17, 15) is 4.79 Å². The molecule has 1 atom stereocenters. The summed E-state index contributed by atoms with van der Waals surface area (Å²) >= 11 is 3.49. The van der Waals surface area contributed by atoms with E-state index in [1.165, 1.54) is 12.8 Å². The number of carbonyl (C=O) groups is 1. The Morgan fingerprint density at radius 3 is 2.85 bits per heavy atom. The first-order valence-electron chi connectivity index (χ1n) is 7.07. The van der Waals surface area contributed by atoms with Crippen LogP contribution in [-0.4, -0.2) is 36.5 Å². The summed E-state index contributed by atoms with van der Waals surface area (Å²) in [5.74, 6) is 0.893. The number of amides is 1. The van der Waals surface area contributed by atoms with Crippen molar-refractivity contribution >= 4 is 21.8 Å². The van der Waals surface area contributed by atoms with Crippen LogP contribution in [0.2, 0.25) is 0 Å². The van der Waals surface area contributed by atoms with Gasteiger partial charge in [-0.2, -0.15) is 0 Å². The number of nitrogens with zero attached hydrogens (tertiary/aromatic N) is 1. The molecule has 0 bridgehead atoms. The van der Waals surface area contributed by atoms with E-state index >= 15 is 0 Å². The lowest BCUT2D eigenvalue weighted by Crippen LogP contribution is -2.29. The Morgan fingerprint density at radius 1 is 1.40 bits per heavy atom. The lowest BCUT2D eigenvalue weighted by atomic mass is 10.2. The molecule has 1 amide bonds. The number of hydrogen-bond acceptors (Lipinski definition) is 3. The second kappa shape index (κ2) is 5.74. The van der Waals surface area contributed by atoms with E-state index in [1.807, 2.05) is 19.2 Å². The number of halogens is 1. The highest BCUT2D eigenvalue weighted by Gasteiger charge is 2.31. The summed E-state index contributed by atoms with van der Waals surface area (Å²) in [5, 5.41) is 3.49. The molecule has 0 spiro atoms. The second-order valence-electron chi connectivity index (χ2n) is 5.56. The number of likely N-dealkylation sites (tertiary alicyclic amines) is 1. The van der Waals surface area contributed by atoms with Crippen molar-refractivity contribution < 1.29 is 9.53 Å². The van der Waals surface area contributed by atoms with Gasteiger partial charge in [0.15, 0.2) is 6.10 Å². The van der Waals surface area contributed by atoms with Crippen LogP contribution in [0.3, 0.4) is 0 Å². The zero-order valence-corrected chi connectivity index (χ0v) is 13.1. The fourth-order valence-corrected chi connectivity index (χ4v) is 2.80. The van der Waals surface area contributed by atoms with Gasteiger partial charge in [0, 0.05) is 42.6 Å². The molecule has 1 saturated carbocycles. The van der Waals surface area contributed by atoms with Crippen LogP contribution in [0, 0.1) is 0 Å². The molecule has 3 rings (SSSR count). The summed E-state index contributed by atoms with van der Waals surface area (Å²) in [5.41, 5.74) is 1.11. The third-order valence-electron chi connectivity index (χ3n) is 3.83. The van der Waals surface area contributed by atoms with E-state index in [-0.39, 0.29) is 12.0 Å². The molecule has 1 heterocycles. The molecule has 1 saturated heterocycles. The minimum absolute atomic E-state index is 0.0778. The van der Waals surface area contributed by atoms with Gasteiger partial charge in [0.2, 0.25) is 0 Å². The number of nitrogens with one attached hydrogen (secondary N) is 1. The topological polar surface area (TPSA) is 41.6 Å². The Balaban J connectivity index is 1.72. The van der Waals surface area contributed by atoms with Gasteiger partial charge in [-0.1, -0.05) is 15.9 Å². The second-order valence-corrected chi connectivity index (χ2v) is 6.48. The number of rotatable bonds is 5. The first kappa shape index (κ1) is 13.9. The maximum Gasteiger partial charge on any atom is 0.263 e. The van der Waals surface area contributed by atoms with Crippen molar-refractivity contribution in [1.82, 2.24) is 10.2 Å². The molecule has 108 valence electrons. The quantitative estimate of drug-likeness (QED) is 0.895. The summed E-state index contributed by atoms with van der Waals surface area (Å²) in [7, 11) is 1.82. The van der Waals surface area contributed by atoms with Gasteiger partial charge in [0.25, 0.3) is 5.91 Å². The van der Waals surface area contributed by atoms with E-state index in [4.69, 9.17) is 4.74 Å². The van der Waals surface area contributed by atoms with Crippen molar-refractivity contribution in [3.8, 4) is 5.75 Å². The molecule has 1 N–H and O–H groups in total. The van der Waals surface area contributed by atoms with E-state index in [0.717, 1.165) is 35.3 Å². The van der Waals surface area contributed by atoms with Gasteiger partial charge in [0.1, 0.15) is 5.75 Å². The first-order valence-corrected chi connectivity index (χ1v) is 7.86. The third-order valence-corrected chi connectivity index (χ3v) is 4.32. The van der Waals surface area contributed by atoms with Crippen LogP contribution in [-0.2, 0) is 11.3 Å². The molecule has 5 heteroatoms. The predicted octanol–water partition coefficient (Wildman–Crippen LogP) is 2.31. The minimum Gasteiger partial charge on any atom is -0.480 e. The van der Waals surface area contributed by atoms with Gasteiger partial charge >= 0.3 is 0 Å². The lowest BCUT2D eigenvalue weighted by Gasteiger charge is -2.16. The predicted molar refractivity (Wildman–Crippen MR) is 80.7 cm³/mol. The van der Waals surface area contributed by atoms with Gasteiger partial charge in [-0.15, -0.1) is 0 Å². The number of hydrogen-bond donors (Lipinski definition) is 1. The summed E-state index contributed by atoms with van der Waals surface area (Å²) in [4.78, 5) is 13.7. The van der Waals surface area contributed by atoms with Gasteiger partial charge in [-0.25, -0.2) is 0 Å². The maximum absolute atomic E-state index is 11.9. The SMILES string of the molecule is CN1CCC(Oc2ccc(Br)cc2CNC2CC2)C1=O. The van der Waals surface area contributed by atoms with Crippen LogP contribution >= 0.6 is 15.9 Å². The van der Waals surface area contributed by atoms with Crippen molar-refractivity contribution in [2.75, 3.05) is 13.6 Å². The van der Waals surface area contributed by atoms with Crippen LogP contribution < -0.4 is 10.1 Å². The van der Waals surface area contributed by atoms with Gasteiger partial charge < -0.3 is 15.0 Å². The normalized spacial score (nSPS) is 22.4. The van der Waals surface area contributed by atoms with Crippen LogP contribution in [0.25, 0.3) is 0 Å². The zero-order chi connectivity index (χ0) is 14.1. The highest BCUT2D eigenvalue weighted by Crippen LogP contribution is 2.27. The molecule has 2 aliphatic rings. The summed E-state index contributed by atoms with van der Waals surface area (Å²) in [6.07, 6.45) is 2.95. The molecule has 20 heavy (non-hydrogen) atoms. The molecule has 2 fully saturated rings. The van der Waals surface area contributed by atoms with E-state index in [0.29, 0.717) is 6.04 Å². The smallest absolute Gasteiger partial charge is 0.263 e. The lowest BCUT2D eigenvalue weighted by molar-refractivity contribution is -0.132. The van der Waals surface area contributed by atoms with Gasteiger partial charge in [-0.05, 0) is 31.0 Å². The Labute approximate surface area is 127 Å². The van der Waals surface area contributed by atoms with Crippen molar-refractivity contribution in [3.63, 3.8) is 0 Å². The van der Waals surface area contributed by atoms with E-state index in [2.05, 4.69) is 27.3 Å². The number of ether oxygens (including phenoxy) is 1. The Morgan fingerprint density at radius 2 is 2.20 bits per heavy atom. The largest absolute Gasteiger partial charge is 0.480 e. The molecular formula is C15H19BrN2O2. The van der Waals surface area contributed by atoms with Crippen molar-refractivity contribution in [1.29, 1.82) is 0 Å². The number of benzene rings is 1. The first-order chi connectivity index (χ1) is 9.63. The van der Waals surface area contributed by atoms with Crippen LogP contribution in [0.1, 0.15) is 24.8 Å².